The van der Waals surface area contributed by atoms with Crippen LogP contribution >= 0.6 is 0 Å². The molecule has 0 spiro atoms. The largest absolute Gasteiger partial charge is 0.463 e. The van der Waals surface area contributed by atoms with E-state index < -0.39 is 14.5 Å². The maximum Gasteiger partial charge on any atom is 0.372 e. The predicted octanol–water partition coefficient (Wildman–Crippen LogP) is 1.75. The molecule has 1 aromatic carbocycles. The molecule has 0 N–H and O–H groups in total. The van der Waals surface area contributed by atoms with Gasteiger partial charge in [-0.3, -0.25) is 0 Å². The molecule has 0 aliphatic rings. The fourth-order valence-electron chi connectivity index (χ4n) is 1.90. The van der Waals surface area contributed by atoms with Gasteiger partial charge in [-0.15, -0.1) is 0 Å². The summed E-state index contributed by atoms with van der Waals surface area (Å²) in [7, 11) is 0.911. The molecule has 0 aliphatic heterocycles. The van der Waals surface area contributed by atoms with E-state index in [1.54, 1.807) is 14.2 Å². The molecule has 0 unspecified atom stereocenters. The van der Waals surface area contributed by atoms with Crippen molar-refractivity contribution in [1.82, 2.24) is 0 Å². The topological polar surface area (TPSA) is 44.8 Å². The van der Waals surface area contributed by atoms with Gasteiger partial charge >= 0.3 is 14.5 Å². The van der Waals surface area contributed by atoms with Gasteiger partial charge in [-0.05, 0) is 17.7 Å². The van der Waals surface area contributed by atoms with Crippen molar-refractivity contribution in [2.45, 2.75) is 12.5 Å². The number of carbonyl (C=O) groups is 1. The van der Waals surface area contributed by atoms with Gasteiger partial charge in [-0.2, -0.15) is 0 Å². The summed E-state index contributed by atoms with van der Waals surface area (Å²) in [5.41, 5.74) is 0. The molecule has 0 fully saturated rings. The molecule has 0 aromatic heterocycles. The van der Waals surface area contributed by atoms with Crippen molar-refractivity contribution in [3.8, 4) is 0 Å². The monoisotopic (exact) mass is 280 g/mol. The molecule has 0 radical (unpaired) electrons. The standard InChI is InChI=1S/C14H20O4Si/c1-4-14(15)18-11-8-12-19(16-2,17-3)13-9-6-5-7-10-13/h4-7,9-10H,1,8,11-12H2,2-3H3. The lowest BCUT2D eigenvalue weighted by Gasteiger charge is -2.27. The molecule has 0 saturated heterocycles. The second kappa shape index (κ2) is 7.88. The summed E-state index contributed by atoms with van der Waals surface area (Å²) in [6.45, 7) is 3.70. The van der Waals surface area contributed by atoms with E-state index in [9.17, 15) is 4.79 Å². The highest BCUT2D eigenvalue weighted by molar-refractivity contribution is 6.81. The van der Waals surface area contributed by atoms with Gasteiger partial charge in [0.2, 0.25) is 0 Å². The number of esters is 1. The van der Waals surface area contributed by atoms with Crippen molar-refractivity contribution >= 4 is 19.7 Å². The van der Waals surface area contributed by atoms with Gasteiger partial charge in [-0.1, -0.05) is 36.9 Å². The summed E-state index contributed by atoms with van der Waals surface area (Å²) >= 11 is 0. The minimum Gasteiger partial charge on any atom is -0.463 e. The molecule has 0 heterocycles. The Kier molecular flexibility index (Phi) is 6.48. The van der Waals surface area contributed by atoms with E-state index in [1.807, 2.05) is 30.3 Å². The van der Waals surface area contributed by atoms with Gasteiger partial charge in [0, 0.05) is 20.3 Å². The van der Waals surface area contributed by atoms with E-state index in [1.165, 1.54) is 0 Å². The van der Waals surface area contributed by atoms with Gasteiger partial charge in [0.1, 0.15) is 0 Å². The molecule has 19 heavy (non-hydrogen) atoms. The fraction of sp³-hybridized carbons (Fsp3) is 0.357. The van der Waals surface area contributed by atoms with E-state index in [2.05, 4.69) is 6.58 Å². The van der Waals surface area contributed by atoms with Crippen molar-refractivity contribution in [2.75, 3.05) is 20.8 Å². The van der Waals surface area contributed by atoms with Crippen LogP contribution in [0.1, 0.15) is 6.42 Å². The van der Waals surface area contributed by atoms with Crippen LogP contribution in [0.2, 0.25) is 6.04 Å². The minimum atomic E-state index is -2.42. The maximum atomic E-state index is 11.0. The average Bonchev–Trinajstić information content (AvgIpc) is 2.48. The summed E-state index contributed by atoms with van der Waals surface area (Å²) < 4.78 is 16.3. The summed E-state index contributed by atoms with van der Waals surface area (Å²) in [6.07, 6.45) is 1.86. The Morgan fingerprint density at radius 1 is 1.26 bits per heavy atom. The van der Waals surface area contributed by atoms with Crippen LogP contribution in [0.3, 0.4) is 0 Å². The van der Waals surface area contributed by atoms with Gasteiger partial charge in [0.25, 0.3) is 0 Å². The number of hydrogen-bond donors (Lipinski definition) is 0. The SMILES string of the molecule is C=CC(=O)OCCC[Si](OC)(OC)c1ccccc1. The molecule has 0 atom stereocenters. The van der Waals surface area contributed by atoms with Crippen molar-refractivity contribution in [2.24, 2.45) is 0 Å². The predicted molar refractivity (Wildman–Crippen MR) is 76.4 cm³/mol. The second-order valence-corrected chi connectivity index (χ2v) is 7.40. The van der Waals surface area contributed by atoms with Crippen LogP contribution in [0, 0.1) is 0 Å². The lowest BCUT2D eigenvalue weighted by Crippen LogP contribution is -2.52. The van der Waals surface area contributed by atoms with Gasteiger partial charge in [0.05, 0.1) is 6.61 Å². The van der Waals surface area contributed by atoms with Gasteiger partial charge < -0.3 is 13.6 Å². The van der Waals surface area contributed by atoms with Crippen LogP contribution in [0.5, 0.6) is 0 Å². The molecule has 0 bridgehead atoms. The lowest BCUT2D eigenvalue weighted by atomic mass is 10.4. The molecule has 104 valence electrons. The van der Waals surface area contributed by atoms with E-state index >= 15 is 0 Å². The number of benzene rings is 1. The Morgan fingerprint density at radius 3 is 2.42 bits per heavy atom. The van der Waals surface area contributed by atoms with Gasteiger partial charge in [0.15, 0.2) is 0 Å². The van der Waals surface area contributed by atoms with E-state index in [-0.39, 0.29) is 0 Å². The number of ether oxygens (including phenoxy) is 1. The Morgan fingerprint density at radius 2 is 1.89 bits per heavy atom. The molecule has 0 amide bonds. The number of rotatable bonds is 8. The number of carbonyl (C=O) groups excluding carboxylic acids is 1. The fourth-order valence-corrected chi connectivity index (χ4v) is 4.54. The van der Waals surface area contributed by atoms with Crippen molar-refractivity contribution in [3.63, 3.8) is 0 Å². The third kappa shape index (κ3) is 4.31. The third-order valence-corrected chi connectivity index (χ3v) is 6.48. The molecular formula is C14H20O4Si. The Bertz CT molecular complexity index is 401. The molecular weight excluding hydrogens is 260 g/mol. The van der Waals surface area contributed by atoms with E-state index in [4.69, 9.17) is 13.6 Å². The average molecular weight is 280 g/mol. The van der Waals surface area contributed by atoms with E-state index in [0.717, 1.165) is 17.3 Å². The normalized spacial score (nSPS) is 11.1. The summed E-state index contributed by atoms with van der Waals surface area (Å²) in [5.74, 6) is -0.401. The Balaban J connectivity index is 2.62. The first kappa shape index (κ1) is 15.6. The quantitative estimate of drug-likeness (QED) is 0.315. The summed E-state index contributed by atoms with van der Waals surface area (Å²) in [6, 6.07) is 10.6. The summed E-state index contributed by atoms with van der Waals surface area (Å²) in [5, 5.41) is 1.08. The van der Waals surface area contributed by atoms with E-state index in [0.29, 0.717) is 13.0 Å². The van der Waals surface area contributed by atoms with Crippen LogP contribution < -0.4 is 5.19 Å². The zero-order valence-corrected chi connectivity index (χ0v) is 12.4. The number of hydrogen-bond acceptors (Lipinski definition) is 4. The highest BCUT2D eigenvalue weighted by Gasteiger charge is 2.37. The Labute approximate surface area is 115 Å². The molecule has 1 rings (SSSR count). The van der Waals surface area contributed by atoms with Crippen LogP contribution in [-0.4, -0.2) is 35.4 Å². The molecule has 0 saturated carbocycles. The molecule has 0 aliphatic carbocycles. The first-order valence-corrected chi connectivity index (χ1v) is 8.16. The first-order chi connectivity index (χ1) is 9.18. The minimum absolute atomic E-state index is 0.346. The first-order valence-electron chi connectivity index (χ1n) is 6.13. The van der Waals surface area contributed by atoms with Crippen LogP contribution in [0.15, 0.2) is 43.0 Å². The molecule has 1 aromatic rings. The highest BCUT2D eigenvalue weighted by atomic mass is 28.4. The molecule has 4 nitrogen and oxygen atoms in total. The zero-order valence-electron chi connectivity index (χ0n) is 11.4. The molecule has 5 heteroatoms. The highest BCUT2D eigenvalue weighted by Crippen LogP contribution is 2.14. The van der Waals surface area contributed by atoms with Crippen LogP contribution in [0.25, 0.3) is 0 Å². The zero-order chi connectivity index (χ0) is 14.1. The van der Waals surface area contributed by atoms with Crippen molar-refractivity contribution in [1.29, 1.82) is 0 Å². The summed E-state index contributed by atoms with van der Waals surface area (Å²) in [4.78, 5) is 11.0. The van der Waals surface area contributed by atoms with Crippen LogP contribution in [0.4, 0.5) is 0 Å². The second-order valence-electron chi connectivity index (χ2n) is 4.00. The van der Waals surface area contributed by atoms with Gasteiger partial charge in [-0.25, -0.2) is 4.79 Å². The maximum absolute atomic E-state index is 11.0. The van der Waals surface area contributed by atoms with Crippen molar-refractivity contribution < 1.29 is 18.4 Å². The Hall–Kier alpha value is -1.43. The smallest absolute Gasteiger partial charge is 0.372 e. The van der Waals surface area contributed by atoms with Crippen LogP contribution in [-0.2, 0) is 18.4 Å². The third-order valence-electron chi connectivity index (χ3n) is 2.93. The lowest BCUT2D eigenvalue weighted by molar-refractivity contribution is -0.137. The van der Waals surface area contributed by atoms with Crippen molar-refractivity contribution in [3.05, 3.63) is 43.0 Å².